The van der Waals surface area contributed by atoms with E-state index in [1.807, 2.05) is 25.6 Å². The average Bonchev–Trinajstić information content (AvgIpc) is 2.10. The Labute approximate surface area is 88.3 Å². The van der Waals surface area contributed by atoms with Crippen molar-refractivity contribution in [1.29, 1.82) is 0 Å². The summed E-state index contributed by atoms with van der Waals surface area (Å²) in [7, 11) is 0.558. The molecule has 0 aromatic carbocycles. The van der Waals surface area contributed by atoms with Gasteiger partial charge in [-0.15, -0.1) is 0 Å². The second kappa shape index (κ2) is 5.29. The van der Waals surface area contributed by atoms with Crippen LogP contribution in [-0.4, -0.2) is 31.5 Å². The summed E-state index contributed by atoms with van der Waals surface area (Å²) in [4.78, 5) is 11.5. The zero-order valence-electron chi connectivity index (χ0n) is 10.2. The third-order valence-electron chi connectivity index (χ3n) is 2.22. The zero-order valence-corrected chi connectivity index (χ0v) is 11.2. The number of ketones is 1. The van der Waals surface area contributed by atoms with Crippen LogP contribution in [0.4, 0.5) is 0 Å². The maximum atomic E-state index is 11.5. The van der Waals surface area contributed by atoms with E-state index in [4.69, 9.17) is 0 Å². The van der Waals surface area contributed by atoms with Crippen molar-refractivity contribution in [2.24, 2.45) is 5.10 Å². The molecule has 0 fully saturated rings. The number of hydrogen-bond acceptors (Lipinski definition) is 3. The molecule has 0 aliphatic heterocycles. The fraction of sp³-hybridized carbons (Fsp3) is 0.800. The predicted octanol–water partition coefficient (Wildman–Crippen LogP) is 2.50. The highest BCUT2D eigenvalue weighted by Crippen LogP contribution is 2.08. The molecule has 0 rings (SSSR count). The van der Waals surface area contributed by atoms with Gasteiger partial charge in [-0.05, 0) is 6.42 Å². The van der Waals surface area contributed by atoms with Crippen LogP contribution in [0.1, 0.15) is 26.7 Å². The Kier molecular flexibility index (Phi) is 5.05. The molecule has 0 atom stereocenters. The second-order valence-electron chi connectivity index (χ2n) is 4.37. The van der Waals surface area contributed by atoms with Crippen LogP contribution in [0, 0.1) is 0 Å². The highest BCUT2D eigenvalue weighted by atomic mass is 28.3. The van der Waals surface area contributed by atoms with Gasteiger partial charge >= 0.3 is 0 Å². The molecule has 0 unspecified atom stereocenters. The van der Waals surface area contributed by atoms with E-state index < -0.39 is 8.24 Å². The van der Waals surface area contributed by atoms with E-state index in [1.165, 1.54) is 0 Å². The molecule has 14 heavy (non-hydrogen) atoms. The molecule has 4 heteroatoms. The number of hydrogen-bond donors (Lipinski definition) is 0. The summed E-state index contributed by atoms with van der Waals surface area (Å²) < 4.78 is 1.99. The van der Waals surface area contributed by atoms with Crippen molar-refractivity contribution in [2.75, 3.05) is 7.05 Å². The maximum absolute atomic E-state index is 11.5. The summed E-state index contributed by atoms with van der Waals surface area (Å²) in [5.41, 5.74) is 0.706. The normalized spacial score (nSPS) is 12.9. The Morgan fingerprint density at radius 2 is 1.71 bits per heavy atom. The largest absolute Gasteiger partial charge is 0.327 e. The quantitative estimate of drug-likeness (QED) is 0.400. The number of hydrazone groups is 1. The highest BCUT2D eigenvalue weighted by molar-refractivity contribution is 6.73. The first-order valence-electron chi connectivity index (χ1n) is 5.17. The van der Waals surface area contributed by atoms with Crippen LogP contribution in [-0.2, 0) is 4.79 Å². The second-order valence-corrected chi connectivity index (χ2v) is 9.36. The summed E-state index contributed by atoms with van der Waals surface area (Å²) >= 11 is 0. The van der Waals surface area contributed by atoms with Gasteiger partial charge in [0.1, 0.15) is 5.71 Å². The lowest BCUT2D eigenvalue weighted by Crippen LogP contribution is -2.40. The molecular formula is C10H22N2OSi. The number of rotatable bonds is 5. The van der Waals surface area contributed by atoms with Crippen molar-refractivity contribution < 1.29 is 4.79 Å². The van der Waals surface area contributed by atoms with Crippen LogP contribution < -0.4 is 0 Å². The number of Topliss-reactive ketones (excluding diaryl/α,β-unsaturated/α-hetero) is 1. The Morgan fingerprint density at radius 1 is 1.21 bits per heavy atom. The minimum Gasteiger partial charge on any atom is -0.327 e. The van der Waals surface area contributed by atoms with E-state index in [1.54, 1.807) is 0 Å². The van der Waals surface area contributed by atoms with Crippen molar-refractivity contribution in [3.05, 3.63) is 0 Å². The lowest BCUT2D eigenvalue weighted by atomic mass is 10.1. The first kappa shape index (κ1) is 13.4. The Morgan fingerprint density at radius 3 is 2.00 bits per heavy atom. The van der Waals surface area contributed by atoms with Crippen molar-refractivity contribution in [3.8, 4) is 0 Å². The van der Waals surface area contributed by atoms with Crippen molar-refractivity contribution in [2.45, 2.75) is 46.3 Å². The molecule has 3 nitrogen and oxygen atoms in total. The average molecular weight is 214 g/mol. The molecule has 0 aliphatic carbocycles. The van der Waals surface area contributed by atoms with Gasteiger partial charge in [0.15, 0.2) is 14.0 Å². The van der Waals surface area contributed by atoms with Gasteiger partial charge < -0.3 is 4.67 Å². The van der Waals surface area contributed by atoms with Crippen molar-refractivity contribution in [3.63, 3.8) is 0 Å². The summed E-state index contributed by atoms with van der Waals surface area (Å²) in [6.07, 6.45) is 1.27. The summed E-state index contributed by atoms with van der Waals surface area (Å²) in [6, 6.07) is 0. The fourth-order valence-electron chi connectivity index (χ4n) is 0.859. The Balaban J connectivity index is 4.68. The first-order valence-corrected chi connectivity index (χ1v) is 8.62. The predicted molar refractivity (Wildman–Crippen MR) is 64.1 cm³/mol. The van der Waals surface area contributed by atoms with Gasteiger partial charge in [-0.1, -0.05) is 33.5 Å². The molecule has 0 saturated heterocycles. The third kappa shape index (κ3) is 4.04. The molecule has 0 bridgehead atoms. The van der Waals surface area contributed by atoms with Crippen LogP contribution >= 0.6 is 0 Å². The molecule has 0 radical (unpaired) electrons. The van der Waals surface area contributed by atoms with Gasteiger partial charge in [0.25, 0.3) is 0 Å². The fourth-order valence-corrected chi connectivity index (χ4v) is 1.28. The van der Waals surface area contributed by atoms with Gasteiger partial charge in [0.2, 0.25) is 0 Å². The van der Waals surface area contributed by atoms with Crippen molar-refractivity contribution >= 4 is 19.7 Å². The zero-order chi connectivity index (χ0) is 11.4. The minimum atomic E-state index is -1.40. The van der Waals surface area contributed by atoms with Crippen LogP contribution in [0.5, 0.6) is 0 Å². The van der Waals surface area contributed by atoms with Gasteiger partial charge in [0, 0.05) is 13.5 Å². The number of nitrogens with zero attached hydrogens (tertiary/aromatic N) is 2. The number of carbonyl (C=O) groups excluding carboxylic acids is 1. The van der Waals surface area contributed by atoms with E-state index in [2.05, 4.69) is 24.7 Å². The molecule has 0 aromatic rings. The van der Waals surface area contributed by atoms with E-state index in [-0.39, 0.29) is 5.78 Å². The molecule has 0 saturated carbocycles. The van der Waals surface area contributed by atoms with Crippen molar-refractivity contribution in [1.82, 2.24) is 4.67 Å². The molecule has 0 aliphatic rings. The maximum Gasteiger partial charge on any atom is 0.178 e. The van der Waals surface area contributed by atoms with E-state index in [0.717, 1.165) is 6.42 Å². The lowest BCUT2D eigenvalue weighted by molar-refractivity contribution is -0.112. The number of carbonyl (C=O) groups is 1. The van der Waals surface area contributed by atoms with Gasteiger partial charge in [-0.25, -0.2) is 0 Å². The summed E-state index contributed by atoms with van der Waals surface area (Å²) in [6.45, 7) is 10.5. The first-order chi connectivity index (χ1) is 6.32. The minimum absolute atomic E-state index is 0.164. The van der Waals surface area contributed by atoms with Crippen LogP contribution in [0.15, 0.2) is 5.10 Å². The smallest absolute Gasteiger partial charge is 0.178 e. The standard InChI is InChI=1S/C10H22N2OSi/c1-7-9(10(13)8-2)11-12(3)14(4,5)6/h7-8H2,1-6H3. The van der Waals surface area contributed by atoms with Gasteiger partial charge in [-0.3, -0.25) is 4.79 Å². The molecule has 0 N–H and O–H groups in total. The third-order valence-corrected chi connectivity index (χ3v) is 4.26. The van der Waals surface area contributed by atoms with Crippen LogP contribution in [0.2, 0.25) is 19.6 Å². The Hall–Kier alpha value is -0.643. The molecule has 0 aromatic heterocycles. The van der Waals surface area contributed by atoms with Gasteiger partial charge in [-0.2, -0.15) is 5.10 Å². The lowest BCUT2D eigenvalue weighted by Gasteiger charge is -2.27. The Bertz CT molecular complexity index is 231. The summed E-state index contributed by atoms with van der Waals surface area (Å²) in [5.74, 6) is 0.164. The van der Waals surface area contributed by atoms with E-state index in [0.29, 0.717) is 12.1 Å². The summed E-state index contributed by atoms with van der Waals surface area (Å²) in [5, 5.41) is 4.40. The SMILES string of the molecule is CCC(=O)C(CC)=NN(C)[Si](C)(C)C. The van der Waals surface area contributed by atoms with Crippen LogP contribution in [0.25, 0.3) is 0 Å². The van der Waals surface area contributed by atoms with E-state index >= 15 is 0 Å². The molecule has 0 amide bonds. The van der Waals surface area contributed by atoms with E-state index in [9.17, 15) is 4.79 Å². The van der Waals surface area contributed by atoms with Crippen LogP contribution in [0.3, 0.4) is 0 Å². The highest BCUT2D eigenvalue weighted by Gasteiger charge is 2.20. The molecular weight excluding hydrogens is 192 g/mol. The molecule has 0 spiro atoms. The topological polar surface area (TPSA) is 32.7 Å². The molecule has 0 heterocycles. The monoisotopic (exact) mass is 214 g/mol. The van der Waals surface area contributed by atoms with Gasteiger partial charge in [0.05, 0.1) is 0 Å². The molecule has 82 valence electrons.